The lowest BCUT2D eigenvalue weighted by Gasteiger charge is -2.34. The third-order valence-corrected chi connectivity index (χ3v) is 5.30. The molecular formula is C15H22BrNO3S. The summed E-state index contributed by atoms with van der Waals surface area (Å²) >= 11 is 2.12. The van der Waals surface area contributed by atoms with Gasteiger partial charge in [-0.05, 0) is 45.4 Å². The quantitative estimate of drug-likeness (QED) is 0.633. The fourth-order valence-electron chi connectivity index (χ4n) is 1.75. The van der Waals surface area contributed by atoms with Gasteiger partial charge in [-0.3, -0.25) is 4.79 Å². The Morgan fingerprint density at radius 2 is 2.00 bits per heavy atom. The molecule has 0 bridgehead atoms. The summed E-state index contributed by atoms with van der Waals surface area (Å²) in [6.07, 6.45) is 0.0990. The third kappa shape index (κ3) is 5.29. The Kier molecular flexibility index (Phi) is 6.28. The van der Waals surface area contributed by atoms with Crippen molar-refractivity contribution >= 4 is 33.3 Å². The minimum absolute atomic E-state index is 0.0990. The molecule has 0 saturated heterocycles. The van der Waals surface area contributed by atoms with E-state index in [9.17, 15) is 9.35 Å². The molecule has 0 aromatic heterocycles. The molecule has 0 heterocycles. The van der Waals surface area contributed by atoms with Crippen molar-refractivity contribution in [2.45, 2.75) is 44.4 Å². The predicted molar refractivity (Wildman–Crippen MR) is 89.2 cm³/mol. The van der Waals surface area contributed by atoms with E-state index < -0.39 is 21.6 Å². The maximum atomic E-state index is 12.4. The van der Waals surface area contributed by atoms with Gasteiger partial charge in [0.15, 0.2) is 0 Å². The first-order valence-corrected chi connectivity index (χ1v) is 8.55. The van der Waals surface area contributed by atoms with Crippen LogP contribution in [0.4, 0.5) is 0 Å². The molecule has 0 radical (unpaired) electrons. The molecule has 21 heavy (non-hydrogen) atoms. The van der Waals surface area contributed by atoms with Crippen molar-refractivity contribution in [3.63, 3.8) is 0 Å². The molecule has 0 aliphatic rings. The standard InChI is InChI=1S/C15H22BrNO3S/c1-14(2,3)21(19)17-15(4,10-13(18)20-5)11-7-6-8-12(16)9-11/h6-9,17H,10H2,1-5H3/t15-,21+/m0/s1. The molecule has 2 atom stereocenters. The van der Waals surface area contributed by atoms with Gasteiger partial charge in [0.1, 0.15) is 4.75 Å². The van der Waals surface area contributed by atoms with Crippen LogP contribution in [0, 0.1) is 0 Å². The minimum Gasteiger partial charge on any atom is -0.598 e. The molecule has 0 fully saturated rings. The lowest BCUT2D eigenvalue weighted by Crippen LogP contribution is -2.50. The summed E-state index contributed by atoms with van der Waals surface area (Å²) < 4.78 is 20.8. The van der Waals surface area contributed by atoms with Gasteiger partial charge in [-0.1, -0.05) is 28.1 Å². The highest BCUT2D eigenvalue weighted by atomic mass is 79.9. The van der Waals surface area contributed by atoms with Crippen LogP contribution in [0.15, 0.2) is 28.7 Å². The van der Waals surface area contributed by atoms with Crippen molar-refractivity contribution in [1.82, 2.24) is 4.72 Å². The fraction of sp³-hybridized carbons (Fsp3) is 0.533. The Morgan fingerprint density at radius 1 is 1.38 bits per heavy atom. The molecule has 1 aromatic carbocycles. The van der Waals surface area contributed by atoms with Gasteiger partial charge in [0.2, 0.25) is 0 Å². The lowest BCUT2D eigenvalue weighted by atomic mass is 9.90. The summed E-state index contributed by atoms with van der Waals surface area (Å²) in [4.78, 5) is 11.7. The van der Waals surface area contributed by atoms with Gasteiger partial charge < -0.3 is 9.29 Å². The first-order chi connectivity index (χ1) is 9.58. The second-order valence-corrected chi connectivity index (χ2v) is 8.96. The van der Waals surface area contributed by atoms with Crippen molar-refractivity contribution in [3.05, 3.63) is 34.3 Å². The van der Waals surface area contributed by atoms with E-state index in [1.165, 1.54) is 7.11 Å². The van der Waals surface area contributed by atoms with E-state index in [0.29, 0.717) is 0 Å². The van der Waals surface area contributed by atoms with E-state index in [1.54, 1.807) is 0 Å². The number of rotatable bonds is 5. The molecule has 0 saturated carbocycles. The molecule has 1 rings (SSSR count). The van der Waals surface area contributed by atoms with Crippen molar-refractivity contribution < 1.29 is 14.1 Å². The normalized spacial score (nSPS) is 16.1. The van der Waals surface area contributed by atoms with Crippen LogP contribution in [0.5, 0.6) is 0 Å². The molecule has 6 heteroatoms. The highest BCUT2D eigenvalue weighted by Crippen LogP contribution is 2.30. The maximum absolute atomic E-state index is 12.4. The molecule has 1 N–H and O–H groups in total. The summed E-state index contributed by atoms with van der Waals surface area (Å²) in [5, 5.41) is 0. The summed E-state index contributed by atoms with van der Waals surface area (Å²) in [6, 6.07) is 7.61. The summed E-state index contributed by atoms with van der Waals surface area (Å²) in [6.45, 7) is 7.51. The molecule has 0 unspecified atom stereocenters. The van der Waals surface area contributed by atoms with Crippen molar-refractivity contribution in [2.75, 3.05) is 7.11 Å². The van der Waals surface area contributed by atoms with Gasteiger partial charge in [0.25, 0.3) is 0 Å². The zero-order valence-corrected chi connectivity index (χ0v) is 15.4. The zero-order valence-electron chi connectivity index (χ0n) is 13.0. The first kappa shape index (κ1) is 18.5. The number of carbonyl (C=O) groups excluding carboxylic acids is 1. The van der Waals surface area contributed by atoms with E-state index >= 15 is 0 Å². The number of esters is 1. The van der Waals surface area contributed by atoms with Gasteiger partial charge in [0.05, 0.1) is 19.1 Å². The average molecular weight is 376 g/mol. The number of carbonyl (C=O) groups is 1. The Balaban J connectivity index is 3.14. The van der Waals surface area contributed by atoms with Crippen LogP contribution in [-0.2, 0) is 26.4 Å². The fourth-order valence-corrected chi connectivity index (χ4v) is 3.05. The van der Waals surface area contributed by atoms with Crippen LogP contribution in [0.25, 0.3) is 0 Å². The van der Waals surface area contributed by atoms with Crippen molar-refractivity contribution in [1.29, 1.82) is 0 Å². The van der Waals surface area contributed by atoms with Gasteiger partial charge >= 0.3 is 5.97 Å². The molecule has 4 nitrogen and oxygen atoms in total. The van der Waals surface area contributed by atoms with E-state index in [1.807, 2.05) is 52.0 Å². The minimum atomic E-state index is -1.31. The lowest BCUT2D eigenvalue weighted by molar-refractivity contribution is -0.142. The number of ether oxygens (including phenoxy) is 1. The van der Waals surface area contributed by atoms with Crippen LogP contribution in [0.3, 0.4) is 0 Å². The van der Waals surface area contributed by atoms with Crippen molar-refractivity contribution in [2.24, 2.45) is 0 Å². The number of hydrogen-bond donors (Lipinski definition) is 1. The monoisotopic (exact) mass is 375 g/mol. The molecule has 0 amide bonds. The SMILES string of the molecule is COC(=O)C[C@](C)(N[S@+]([O-])C(C)(C)C)c1cccc(Br)c1. The predicted octanol–water partition coefficient (Wildman–Crippen LogP) is 3.28. The number of hydrogen-bond acceptors (Lipinski definition) is 4. The van der Waals surface area contributed by atoms with Gasteiger partial charge in [-0.15, -0.1) is 4.72 Å². The molecule has 1 aromatic rings. The van der Waals surface area contributed by atoms with Gasteiger partial charge in [-0.25, -0.2) is 0 Å². The second-order valence-electron chi connectivity index (χ2n) is 6.08. The van der Waals surface area contributed by atoms with Crippen LogP contribution >= 0.6 is 15.9 Å². The Morgan fingerprint density at radius 3 is 2.48 bits per heavy atom. The maximum Gasteiger partial charge on any atom is 0.307 e. The van der Waals surface area contributed by atoms with E-state index in [2.05, 4.69) is 20.7 Å². The van der Waals surface area contributed by atoms with Gasteiger partial charge in [0, 0.05) is 15.8 Å². The van der Waals surface area contributed by atoms with Gasteiger partial charge in [-0.2, -0.15) is 0 Å². The largest absolute Gasteiger partial charge is 0.598 e. The first-order valence-electron chi connectivity index (χ1n) is 6.61. The average Bonchev–Trinajstić information content (AvgIpc) is 2.37. The smallest absolute Gasteiger partial charge is 0.307 e. The second kappa shape index (κ2) is 7.13. The topological polar surface area (TPSA) is 61.4 Å². The summed E-state index contributed by atoms with van der Waals surface area (Å²) in [7, 11) is 1.35. The summed E-state index contributed by atoms with van der Waals surface area (Å²) in [5.74, 6) is -0.351. The molecule has 118 valence electrons. The molecule has 0 spiro atoms. The number of nitrogens with one attached hydrogen (secondary N) is 1. The van der Waals surface area contributed by atoms with Crippen molar-refractivity contribution in [3.8, 4) is 0 Å². The van der Waals surface area contributed by atoms with E-state index in [4.69, 9.17) is 4.74 Å². The number of methoxy groups -OCH3 is 1. The third-order valence-electron chi connectivity index (χ3n) is 3.06. The Labute approximate surface area is 138 Å². The van der Waals surface area contributed by atoms with E-state index in [-0.39, 0.29) is 12.4 Å². The van der Waals surface area contributed by atoms with Crippen LogP contribution < -0.4 is 4.72 Å². The summed E-state index contributed by atoms with van der Waals surface area (Å²) in [5.41, 5.74) is 0.106. The zero-order chi connectivity index (χ0) is 16.3. The number of halogens is 1. The number of benzene rings is 1. The highest BCUT2D eigenvalue weighted by Gasteiger charge is 2.39. The van der Waals surface area contributed by atoms with Crippen LogP contribution in [0.1, 0.15) is 39.7 Å². The highest BCUT2D eigenvalue weighted by molar-refractivity contribution is 9.10. The Bertz CT molecular complexity index is 504. The van der Waals surface area contributed by atoms with Crippen LogP contribution in [-0.4, -0.2) is 22.4 Å². The van der Waals surface area contributed by atoms with E-state index in [0.717, 1.165) is 10.0 Å². The molecule has 0 aliphatic heterocycles. The Hall–Kier alpha value is -0.560. The van der Waals surface area contributed by atoms with Crippen LogP contribution in [0.2, 0.25) is 0 Å². The molecular weight excluding hydrogens is 354 g/mol. The molecule has 0 aliphatic carbocycles.